The number of rotatable bonds is 1. The molecule has 5 heteroatoms. The van der Waals surface area contributed by atoms with Gasteiger partial charge in [0.2, 0.25) is 5.95 Å². The van der Waals surface area contributed by atoms with E-state index >= 15 is 0 Å². The molecule has 0 bridgehead atoms. The minimum atomic E-state index is 0.0877. The summed E-state index contributed by atoms with van der Waals surface area (Å²) in [6, 6.07) is 9.48. The molecule has 0 aliphatic heterocycles. The topological polar surface area (TPSA) is 104 Å². The van der Waals surface area contributed by atoms with Crippen LogP contribution in [-0.2, 0) is 0 Å². The summed E-state index contributed by atoms with van der Waals surface area (Å²) in [5, 5.41) is 0. The highest BCUT2D eigenvalue weighted by Gasteiger charge is 2.10. The maximum absolute atomic E-state index is 5.74. The standard InChI is InChI=1S/C10H11N5/c11-8-7(6-4-2-1-3-5-6)9(12)15-10(13)14-8/h1-5H,(H6,11,12,13,14,15). The zero-order chi connectivity index (χ0) is 10.8. The number of anilines is 3. The molecule has 0 radical (unpaired) electrons. The summed E-state index contributed by atoms with van der Waals surface area (Å²) >= 11 is 0. The second-order valence-corrected chi connectivity index (χ2v) is 3.09. The molecule has 0 unspecified atom stereocenters. The molecule has 6 N–H and O–H groups in total. The van der Waals surface area contributed by atoms with Gasteiger partial charge in [-0.25, -0.2) is 0 Å². The zero-order valence-corrected chi connectivity index (χ0v) is 8.01. The predicted octanol–water partition coefficient (Wildman–Crippen LogP) is 0.890. The first-order chi connectivity index (χ1) is 7.18. The summed E-state index contributed by atoms with van der Waals surface area (Å²) in [5.74, 6) is 0.682. The average Bonchev–Trinajstić information content (AvgIpc) is 2.17. The van der Waals surface area contributed by atoms with E-state index in [1.807, 2.05) is 30.3 Å². The van der Waals surface area contributed by atoms with Gasteiger partial charge in [-0.3, -0.25) is 0 Å². The molecular formula is C10H11N5. The van der Waals surface area contributed by atoms with Gasteiger partial charge in [0, 0.05) is 0 Å². The predicted molar refractivity (Wildman–Crippen MR) is 60.7 cm³/mol. The Kier molecular flexibility index (Phi) is 2.13. The molecule has 0 aliphatic carbocycles. The quantitative estimate of drug-likeness (QED) is 0.635. The van der Waals surface area contributed by atoms with Crippen molar-refractivity contribution >= 4 is 17.6 Å². The Bertz CT molecular complexity index is 457. The fourth-order valence-electron chi connectivity index (χ4n) is 1.42. The van der Waals surface area contributed by atoms with E-state index in [-0.39, 0.29) is 5.95 Å². The molecule has 0 aliphatic rings. The molecule has 0 atom stereocenters. The average molecular weight is 201 g/mol. The molecule has 0 spiro atoms. The summed E-state index contributed by atoms with van der Waals surface area (Å²) in [6.45, 7) is 0. The van der Waals surface area contributed by atoms with Crippen LogP contribution < -0.4 is 17.2 Å². The van der Waals surface area contributed by atoms with Crippen molar-refractivity contribution in [2.75, 3.05) is 17.2 Å². The van der Waals surface area contributed by atoms with E-state index in [1.54, 1.807) is 0 Å². The third kappa shape index (κ3) is 1.67. The van der Waals surface area contributed by atoms with Crippen molar-refractivity contribution in [2.24, 2.45) is 0 Å². The van der Waals surface area contributed by atoms with Crippen LogP contribution in [0, 0.1) is 0 Å². The van der Waals surface area contributed by atoms with Gasteiger partial charge in [0.25, 0.3) is 0 Å². The minimum absolute atomic E-state index is 0.0877. The van der Waals surface area contributed by atoms with E-state index in [1.165, 1.54) is 0 Å². The molecular weight excluding hydrogens is 190 g/mol. The highest BCUT2D eigenvalue weighted by Crippen LogP contribution is 2.29. The number of nitrogen functional groups attached to an aromatic ring is 3. The second kappa shape index (κ2) is 3.45. The van der Waals surface area contributed by atoms with E-state index in [0.29, 0.717) is 17.2 Å². The lowest BCUT2D eigenvalue weighted by atomic mass is 10.1. The van der Waals surface area contributed by atoms with Gasteiger partial charge in [-0.2, -0.15) is 9.97 Å². The Balaban J connectivity index is 2.64. The first-order valence-electron chi connectivity index (χ1n) is 4.42. The van der Waals surface area contributed by atoms with Crippen LogP contribution in [0.2, 0.25) is 0 Å². The fraction of sp³-hybridized carbons (Fsp3) is 0. The number of aromatic nitrogens is 2. The zero-order valence-electron chi connectivity index (χ0n) is 8.01. The maximum Gasteiger partial charge on any atom is 0.223 e. The molecule has 0 saturated heterocycles. The Morgan fingerprint density at radius 2 is 1.33 bits per heavy atom. The lowest BCUT2D eigenvalue weighted by Gasteiger charge is -2.08. The Morgan fingerprint density at radius 1 is 0.800 bits per heavy atom. The van der Waals surface area contributed by atoms with Crippen LogP contribution in [0.3, 0.4) is 0 Å². The van der Waals surface area contributed by atoms with E-state index in [9.17, 15) is 0 Å². The van der Waals surface area contributed by atoms with Gasteiger partial charge in [0.15, 0.2) is 0 Å². The molecule has 0 saturated carbocycles. The molecule has 15 heavy (non-hydrogen) atoms. The highest BCUT2D eigenvalue weighted by atomic mass is 15.1. The van der Waals surface area contributed by atoms with Gasteiger partial charge in [0.05, 0.1) is 5.56 Å². The third-order valence-corrected chi connectivity index (χ3v) is 2.04. The normalized spacial score (nSPS) is 10.1. The van der Waals surface area contributed by atoms with E-state index in [4.69, 9.17) is 17.2 Å². The molecule has 2 rings (SSSR count). The van der Waals surface area contributed by atoms with Gasteiger partial charge >= 0.3 is 0 Å². The molecule has 2 aromatic rings. The molecule has 76 valence electrons. The van der Waals surface area contributed by atoms with Gasteiger partial charge in [-0.05, 0) is 5.56 Å². The summed E-state index contributed by atoms with van der Waals surface area (Å²) < 4.78 is 0. The van der Waals surface area contributed by atoms with Crippen LogP contribution in [0.1, 0.15) is 0 Å². The second-order valence-electron chi connectivity index (χ2n) is 3.09. The van der Waals surface area contributed by atoms with Crippen LogP contribution in [0.25, 0.3) is 11.1 Å². The molecule has 5 nitrogen and oxygen atoms in total. The summed E-state index contributed by atoms with van der Waals surface area (Å²) in [5.41, 5.74) is 18.4. The van der Waals surface area contributed by atoms with Crippen LogP contribution in [-0.4, -0.2) is 9.97 Å². The van der Waals surface area contributed by atoms with Crippen molar-refractivity contribution in [3.8, 4) is 11.1 Å². The number of hydrogen-bond donors (Lipinski definition) is 3. The van der Waals surface area contributed by atoms with Crippen LogP contribution in [0.5, 0.6) is 0 Å². The molecule has 1 aromatic heterocycles. The van der Waals surface area contributed by atoms with E-state index in [2.05, 4.69) is 9.97 Å². The Morgan fingerprint density at radius 3 is 1.87 bits per heavy atom. The van der Waals surface area contributed by atoms with Crippen molar-refractivity contribution in [1.82, 2.24) is 9.97 Å². The van der Waals surface area contributed by atoms with Crippen molar-refractivity contribution in [2.45, 2.75) is 0 Å². The van der Waals surface area contributed by atoms with Crippen molar-refractivity contribution in [3.05, 3.63) is 30.3 Å². The van der Waals surface area contributed by atoms with Gasteiger partial charge in [-0.1, -0.05) is 30.3 Å². The highest BCUT2D eigenvalue weighted by molar-refractivity contribution is 5.83. The lowest BCUT2D eigenvalue weighted by molar-refractivity contribution is 1.20. The fourth-order valence-corrected chi connectivity index (χ4v) is 1.42. The van der Waals surface area contributed by atoms with E-state index in [0.717, 1.165) is 5.56 Å². The summed E-state index contributed by atoms with van der Waals surface area (Å²) in [7, 11) is 0. The molecule has 1 heterocycles. The first-order valence-corrected chi connectivity index (χ1v) is 4.42. The van der Waals surface area contributed by atoms with Crippen molar-refractivity contribution < 1.29 is 0 Å². The Hall–Kier alpha value is -2.30. The first kappa shape index (κ1) is 9.26. The van der Waals surface area contributed by atoms with Crippen LogP contribution in [0.4, 0.5) is 17.6 Å². The van der Waals surface area contributed by atoms with Crippen molar-refractivity contribution in [1.29, 1.82) is 0 Å². The van der Waals surface area contributed by atoms with Crippen LogP contribution in [0.15, 0.2) is 30.3 Å². The van der Waals surface area contributed by atoms with Gasteiger partial charge in [-0.15, -0.1) is 0 Å². The third-order valence-electron chi connectivity index (χ3n) is 2.04. The molecule has 0 fully saturated rings. The van der Waals surface area contributed by atoms with Crippen molar-refractivity contribution in [3.63, 3.8) is 0 Å². The van der Waals surface area contributed by atoms with Crippen LogP contribution >= 0.6 is 0 Å². The lowest BCUT2D eigenvalue weighted by Crippen LogP contribution is -2.06. The largest absolute Gasteiger partial charge is 0.383 e. The summed E-state index contributed by atoms with van der Waals surface area (Å²) in [6.07, 6.45) is 0. The van der Waals surface area contributed by atoms with E-state index < -0.39 is 0 Å². The number of hydrogen-bond acceptors (Lipinski definition) is 5. The molecule has 0 amide bonds. The van der Waals surface area contributed by atoms with Gasteiger partial charge in [0.1, 0.15) is 11.6 Å². The Labute approximate surface area is 86.9 Å². The maximum atomic E-state index is 5.74. The van der Waals surface area contributed by atoms with Gasteiger partial charge < -0.3 is 17.2 Å². The SMILES string of the molecule is Nc1nc(N)c(-c2ccccc2)c(N)n1. The molecule has 1 aromatic carbocycles. The minimum Gasteiger partial charge on any atom is -0.383 e. The summed E-state index contributed by atoms with van der Waals surface area (Å²) in [4.78, 5) is 7.75. The number of nitrogens with zero attached hydrogens (tertiary/aromatic N) is 2. The smallest absolute Gasteiger partial charge is 0.223 e. The number of benzene rings is 1. The number of nitrogens with two attached hydrogens (primary N) is 3. The monoisotopic (exact) mass is 201 g/mol.